The van der Waals surface area contributed by atoms with Crippen molar-refractivity contribution in [1.82, 2.24) is 25.1 Å². The Hall–Kier alpha value is -3.26. The predicted molar refractivity (Wildman–Crippen MR) is 106 cm³/mol. The highest BCUT2D eigenvalue weighted by Gasteiger charge is 2.30. The van der Waals surface area contributed by atoms with Gasteiger partial charge in [0.2, 0.25) is 11.9 Å². The van der Waals surface area contributed by atoms with E-state index in [1.807, 2.05) is 61.5 Å². The van der Waals surface area contributed by atoms with Crippen LogP contribution in [-0.2, 0) is 4.79 Å². The minimum atomic E-state index is -0.420. The number of anilines is 1. The normalized spacial score (nSPS) is 16.1. The molecule has 1 fully saturated rings. The molecule has 1 aliphatic heterocycles. The average molecular weight is 377 g/mol. The molecule has 144 valence electrons. The zero-order valence-electron chi connectivity index (χ0n) is 15.8. The van der Waals surface area contributed by atoms with Gasteiger partial charge in [-0.3, -0.25) is 9.69 Å². The Morgan fingerprint density at radius 1 is 1.00 bits per heavy atom. The molecular formula is C20H23N7O. The molecule has 1 atom stereocenters. The van der Waals surface area contributed by atoms with Gasteiger partial charge in [0.05, 0.1) is 5.69 Å². The highest BCUT2D eigenvalue weighted by atomic mass is 16.1. The second-order valence-electron chi connectivity index (χ2n) is 6.96. The lowest BCUT2D eigenvalue weighted by Gasteiger charge is -2.38. The van der Waals surface area contributed by atoms with E-state index in [1.165, 1.54) is 5.56 Å². The molecule has 28 heavy (non-hydrogen) atoms. The van der Waals surface area contributed by atoms with Crippen LogP contribution in [0.25, 0.3) is 5.69 Å². The Balaban J connectivity index is 1.50. The maximum absolute atomic E-state index is 12.1. The number of nitrogens with zero attached hydrogens (tertiary/aromatic N) is 6. The van der Waals surface area contributed by atoms with Gasteiger partial charge in [0, 0.05) is 26.2 Å². The van der Waals surface area contributed by atoms with Gasteiger partial charge < -0.3 is 10.6 Å². The molecule has 0 saturated carbocycles. The molecule has 0 radical (unpaired) electrons. The first-order valence-electron chi connectivity index (χ1n) is 9.32. The van der Waals surface area contributed by atoms with Crippen LogP contribution in [0.3, 0.4) is 0 Å². The molecule has 1 aromatic heterocycles. The third kappa shape index (κ3) is 3.59. The van der Waals surface area contributed by atoms with Crippen LogP contribution in [0.2, 0.25) is 0 Å². The molecule has 0 spiro atoms. The molecule has 0 bridgehead atoms. The second-order valence-corrected chi connectivity index (χ2v) is 6.96. The first-order valence-corrected chi connectivity index (χ1v) is 9.32. The second kappa shape index (κ2) is 7.77. The lowest BCUT2D eigenvalue weighted by molar-refractivity contribution is -0.123. The van der Waals surface area contributed by atoms with Crippen LogP contribution in [0, 0.1) is 6.92 Å². The van der Waals surface area contributed by atoms with Crippen molar-refractivity contribution in [3.63, 3.8) is 0 Å². The zero-order valence-corrected chi connectivity index (χ0v) is 15.8. The van der Waals surface area contributed by atoms with Gasteiger partial charge in [0.25, 0.3) is 0 Å². The monoisotopic (exact) mass is 377 g/mol. The summed E-state index contributed by atoms with van der Waals surface area (Å²) in [5.74, 6) is 0.378. The van der Waals surface area contributed by atoms with E-state index in [4.69, 9.17) is 5.73 Å². The summed E-state index contributed by atoms with van der Waals surface area (Å²) >= 11 is 0. The van der Waals surface area contributed by atoms with E-state index in [-0.39, 0.29) is 5.91 Å². The van der Waals surface area contributed by atoms with Crippen molar-refractivity contribution in [3.8, 4) is 5.69 Å². The highest BCUT2D eigenvalue weighted by molar-refractivity contribution is 5.81. The number of amides is 1. The van der Waals surface area contributed by atoms with Crippen molar-refractivity contribution in [3.05, 3.63) is 65.7 Å². The van der Waals surface area contributed by atoms with E-state index >= 15 is 0 Å². The molecule has 0 aliphatic carbocycles. The van der Waals surface area contributed by atoms with Gasteiger partial charge in [-0.25, -0.2) is 0 Å². The van der Waals surface area contributed by atoms with E-state index in [1.54, 1.807) is 4.68 Å². The van der Waals surface area contributed by atoms with Gasteiger partial charge in [0.15, 0.2) is 0 Å². The number of rotatable bonds is 5. The van der Waals surface area contributed by atoms with Gasteiger partial charge in [-0.15, -0.1) is 0 Å². The van der Waals surface area contributed by atoms with Gasteiger partial charge in [-0.1, -0.05) is 53.1 Å². The molecule has 1 saturated heterocycles. The number of primary amides is 1. The van der Waals surface area contributed by atoms with Crippen LogP contribution in [0.1, 0.15) is 17.2 Å². The molecule has 8 nitrogen and oxygen atoms in total. The van der Waals surface area contributed by atoms with E-state index in [9.17, 15) is 4.79 Å². The summed E-state index contributed by atoms with van der Waals surface area (Å²) in [6.07, 6.45) is 0. The number of aromatic nitrogens is 4. The zero-order chi connectivity index (χ0) is 19.5. The van der Waals surface area contributed by atoms with Crippen molar-refractivity contribution in [2.24, 2.45) is 5.73 Å². The van der Waals surface area contributed by atoms with E-state index < -0.39 is 6.04 Å². The lowest BCUT2D eigenvalue weighted by Crippen LogP contribution is -2.51. The minimum absolute atomic E-state index is 0.330. The first-order chi connectivity index (χ1) is 13.6. The maximum Gasteiger partial charge on any atom is 0.250 e. The molecule has 2 aromatic carbocycles. The maximum atomic E-state index is 12.1. The van der Waals surface area contributed by atoms with E-state index in [0.717, 1.165) is 11.3 Å². The van der Waals surface area contributed by atoms with Gasteiger partial charge >= 0.3 is 0 Å². The third-order valence-corrected chi connectivity index (χ3v) is 5.08. The number of aryl methyl sites for hydroxylation is 1. The van der Waals surface area contributed by atoms with Crippen molar-refractivity contribution in [2.75, 3.05) is 31.1 Å². The SMILES string of the molecule is Cc1ccc(-n2nnnc2N2CCN(C(C(N)=O)c3ccccc3)CC2)cc1. The molecule has 4 rings (SSSR count). The molecule has 2 N–H and O–H groups in total. The molecule has 2 heterocycles. The number of tetrazole rings is 1. The van der Waals surface area contributed by atoms with Crippen LogP contribution in [0.5, 0.6) is 0 Å². The number of carbonyl (C=O) groups is 1. The number of carbonyl (C=O) groups excluding carboxylic acids is 1. The van der Waals surface area contributed by atoms with Gasteiger partial charge in [0.1, 0.15) is 6.04 Å². The Kier molecular flexibility index (Phi) is 5.03. The summed E-state index contributed by atoms with van der Waals surface area (Å²) in [5, 5.41) is 12.2. The van der Waals surface area contributed by atoms with Crippen LogP contribution in [0.4, 0.5) is 5.95 Å². The van der Waals surface area contributed by atoms with Crippen molar-refractivity contribution in [1.29, 1.82) is 0 Å². The van der Waals surface area contributed by atoms with Gasteiger partial charge in [-0.05, 0) is 35.0 Å². The topological polar surface area (TPSA) is 93.2 Å². The van der Waals surface area contributed by atoms with Crippen molar-refractivity contribution >= 4 is 11.9 Å². The largest absolute Gasteiger partial charge is 0.368 e. The fourth-order valence-electron chi connectivity index (χ4n) is 3.60. The summed E-state index contributed by atoms with van der Waals surface area (Å²) in [5.41, 5.74) is 8.74. The molecular weight excluding hydrogens is 354 g/mol. The highest BCUT2D eigenvalue weighted by Crippen LogP contribution is 2.24. The number of piperazine rings is 1. The van der Waals surface area contributed by atoms with E-state index in [0.29, 0.717) is 32.1 Å². The number of benzene rings is 2. The minimum Gasteiger partial charge on any atom is -0.368 e. The molecule has 1 unspecified atom stereocenters. The summed E-state index contributed by atoms with van der Waals surface area (Å²) in [6, 6.07) is 17.3. The first kappa shape index (κ1) is 18.1. The molecule has 1 aliphatic rings. The Morgan fingerprint density at radius 2 is 1.68 bits per heavy atom. The fourth-order valence-corrected chi connectivity index (χ4v) is 3.60. The molecule has 1 amide bonds. The lowest BCUT2D eigenvalue weighted by atomic mass is 10.0. The summed E-state index contributed by atoms with van der Waals surface area (Å²) in [6.45, 7) is 4.86. The van der Waals surface area contributed by atoms with Crippen LogP contribution < -0.4 is 10.6 Å². The average Bonchev–Trinajstić information content (AvgIpc) is 3.20. The number of nitrogens with two attached hydrogens (primary N) is 1. The standard InChI is InChI=1S/C20H23N7O/c1-15-7-9-17(10-8-15)27-20(22-23-24-27)26-13-11-25(12-14-26)18(19(21)28)16-5-3-2-4-6-16/h2-10,18H,11-14H2,1H3,(H2,21,28). The van der Waals surface area contributed by atoms with Crippen molar-refractivity contribution in [2.45, 2.75) is 13.0 Å². The van der Waals surface area contributed by atoms with Gasteiger partial charge in [-0.2, -0.15) is 4.68 Å². The van der Waals surface area contributed by atoms with Crippen LogP contribution >= 0.6 is 0 Å². The summed E-state index contributed by atoms with van der Waals surface area (Å²) < 4.78 is 1.75. The predicted octanol–water partition coefficient (Wildman–Crippen LogP) is 1.32. The fraction of sp³-hybridized carbons (Fsp3) is 0.300. The molecule has 8 heteroatoms. The van der Waals surface area contributed by atoms with Crippen molar-refractivity contribution < 1.29 is 4.79 Å². The van der Waals surface area contributed by atoms with E-state index in [2.05, 4.69) is 25.3 Å². The number of hydrogen-bond donors (Lipinski definition) is 1. The number of hydrogen-bond acceptors (Lipinski definition) is 6. The third-order valence-electron chi connectivity index (χ3n) is 5.08. The summed E-state index contributed by atoms with van der Waals surface area (Å²) in [7, 11) is 0. The smallest absolute Gasteiger partial charge is 0.250 e. The Labute approximate surface area is 163 Å². The van der Waals surface area contributed by atoms with Crippen LogP contribution in [-0.4, -0.2) is 57.2 Å². The Morgan fingerprint density at radius 3 is 2.32 bits per heavy atom. The Bertz CT molecular complexity index is 931. The quantitative estimate of drug-likeness (QED) is 0.721. The van der Waals surface area contributed by atoms with Crippen LogP contribution in [0.15, 0.2) is 54.6 Å². The summed E-state index contributed by atoms with van der Waals surface area (Å²) in [4.78, 5) is 16.4. The molecule has 3 aromatic rings.